The van der Waals surface area contributed by atoms with Gasteiger partial charge in [0.25, 0.3) is 0 Å². The summed E-state index contributed by atoms with van der Waals surface area (Å²) in [5.41, 5.74) is 0.911. The molecule has 1 amide bonds. The number of oxime groups is 1. The molecule has 1 aromatic rings. The fraction of sp³-hybridized carbons (Fsp3) is 0.444. The molecule has 88 valence electrons. The van der Waals surface area contributed by atoms with Crippen molar-refractivity contribution in [3.8, 4) is 0 Å². The van der Waals surface area contributed by atoms with Crippen LogP contribution in [0.1, 0.15) is 26.5 Å². The fourth-order valence-corrected chi connectivity index (χ4v) is 1.62. The number of thiazole rings is 1. The number of carbonyl (C=O) groups is 1. The fourth-order valence-electron chi connectivity index (χ4n) is 0.879. The third-order valence-electron chi connectivity index (χ3n) is 1.58. The molecule has 0 saturated heterocycles. The van der Waals surface area contributed by atoms with Gasteiger partial charge in [-0.2, -0.15) is 0 Å². The van der Waals surface area contributed by atoms with Crippen molar-refractivity contribution in [2.75, 3.05) is 5.32 Å². The molecule has 6 nitrogen and oxygen atoms in total. The third-order valence-corrected chi connectivity index (χ3v) is 2.33. The van der Waals surface area contributed by atoms with Gasteiger partial charge in [0.2, 0.25) is 0 Å². The number of carbonyl (C=O) groups excluding carboxylic acids is 1. The highest BCUT2D eigenvalue weighted by Crippen LogP contribution is 2.16. The van der Waals surface area contributed by atoms with E-state index in [4.69, 9.17) is 9.94 Å². The van der Waals surface area contributed by atoms with Crippen molar-refractivity contribution in [2.24, 2.45) is 5.16 Å². The minimum atomic E-state index is -0.547. The van der Waals surface area contributed by atoms with Gasteiger partial charge in [0, 0.05) is 5.38 Å². The van der Waals surface area contributed by atoms with E-state index < -0.39 is 6.09 Å². The minimum absolute atomic E-state index is 0.180. The topological polar surface area (TPSA) is 83.8 Å². The molecule has 0 unspecified atom stereocenters. The van der Waals surface area contributed by atoms with Crippen LogP contribution in [0.15, 0.2) is 10.5 Å². The number of ether oxygens (including phenoxy) is 1. The zero-order valence-electron chi connectivity index (χ0n) is 9.22. The smallest absolute Gasteiger partial charge is 0.413 e. The average Bonchev–Trinajstić information content (AvgIpc) is 2.63. The third kappa shape index (κ3) is 3.50. The average molecular weight is 243 g/mol. The second-order valence-corrected chi connectivity index (χ2v) is 4.16. The van der Waals surface area contributed by atoms with E-state index >= 15 is 0 Å². The minimum Gasteiger partial charge on any atom is -0.447 e. The molecule has 0 bridgehead atoms. The number of amides is 1. The van der Waals surface area contributed by atoms with Crippen molar-refractivity contribution >= 4 is 28.3 Å². The Bertz CT molecular complexity index is 400. The van der Waals surface area contributed by atoms with Crippen molar-refractivity contribution in [1.29, 1.82) is 0 Å². The molecule has 16 heavy (non-hydrogen) atoms. The second kappa shape index (κ2) is 5.45. The van der Waals surface area contributed by atoms with E-state index in [-0.39, 0.29) is 6.10 Å². The van der Waals surface area contributed by atoms with Crippen LogP contribution in [0.4, 0.5) is 9.93 Å². The van der Waals surface area contributed by atoms with E-state index in [0.29, 0.717) is 16.5 Å². The zero-order valence-corrected chi connectivity index (χ0v) is 10.0. The lowest BCUT2D eigenvalue weighted by Gasteiger charge is -2.06. The van der Waals surface area contributed by atoms with Crippen molar-refractivity contribution in [2.45, 2.75) is 26.9 Å². The maximum atomic E-state index is 11.2. The molecular weight excluding hydrogens is 230 g/mol. The Labute approximate surface area is 96.9 Å². The lowest BCUT2D eigenvalue weighted by Crippen LogP contribution is -2.17. The molecule has 7 heteroatoms. The number of anilines is 1. The second-order valence-electron chi connectivity index (χ2n) is 3.30. The molecule has 0 spiro atoms. The van der Waals surface area contributed by atoms with Crippen LogP contribution in [0.5, 0.6) is 0 Å². The van der Waals surface area contributed by atoms with Crippen molar-refractivity contribution in [3.05, 3.63) is 11.1 Å². The molecule has 0 aromatic carbocycles. The van der Waals surface area contributed by atoms with Crippen LogP contribution < -0.4 is 5.32 Å². The first-order chi connectivity index (χ1) is 7.52. The van der Waals surface area contributed by atoms with Gasteiger partial charge in [-0.05, 0) is 20.8 Å². The molecule has 1 heterocycles. The quantitative estimate of drug-likeness (QED) is 0.484. The van der Waals surface area contributed by atoms with Crippen molar-refractivity contribution in [1.82, 2.24) is 4.98 Å². The molecule has 0 atom stereocenters. The number of rotatable bonds is 3. The highest BCUT2D eigenvalue weighted by molar-refractivity contribution is 7.14. The monoisotopic (exact) mass is 243 g/mol. The number of nitrogens with zero attached hydrogens (tertiary/aromatic N) is 2. The number of hydrogen-bond donors (Lipinski definition) is 2. The lowest BCUT2D eigenvalue weighted by atomic mass is 10.3. The Balaban J connectivity index is 2.62. The summed E-state index contributed by atoms with van der Waals surface area (Å²) >= 11 is 1.23. The van der Waals surface area contributed by atoms with Gasteiger partial charge < -0.3 is 9.94 Å². The molecule has 0 saturated carbocycles. The van der Waals surface area contributed by atoms with Crippen LogP contribution >= 0.6 is 11.3 Å². The molecule has 0 aliphatic heterocycles. The maximum absolute atomic E-state index is 11.2. The Kier molecular flexibility index (Phi) is 4.24. The summed E-state index contributed by atoms with van der Waals surface area (Å²) < 4.78 is 4.89. The number of aromatic nitrogens is 1. The Morgan fingerprint density at radius 2 is 2.38 bits per heavy atom. The first-order valence-corrected chi connectivity index (χ1v) is 5.53. The van der Waals surface area contributed by atoms with E-state index in [1.807, 2.05) is 0 Å². The zero-order chi connectivity index (χ0) is 12.1. The van der Waals surface area contributed by atoms with Crippen LogP contribution in [0.3, 0.4) is 0 Å². The molecule has 0 fully saturated rings. The van der Waals surface area contributed by atoms with Gasteiger partial charge in [0.15, 0.2) is 5.13 Å². The van der Waals surface area contributed by atoms with Crippen LogP contribution in [0, 0.1) is 0 Å². The number of hydrogen-bond acceptors (Lipinski definition) is 6. The summed E-state index contributed by atoms with van der Waals surface area (Å²) in [6, 6.07) is 0. The summed E-state index contributed by atoms with van der Waals surface area (Å²) in [5, 5.41) is 16.1. The van der Waals surface area contributed by atoms with Gasteiger partial charge in [-0.1, -0.05) is 5.16 Å². The molecule has 0 aliphatic carbocycles. The van der Waals surface area contributed by atoms with Gasteiger partial charge in [0.05, 0.1) is 6.10 Å². The molecule has 1 aromatic heterocycles. The van der Waals surface area contributed by atoms with Gasteiger partial charge >= 0.3 is 6.09 Å². The van der Waals surface area contributed by atoms with E-state index in [2.05, 4.69) is 15.5 Å². The van der Waals surface area contributed by atoms with Crippen LogP contribution in [-0.2, 0) is 4.74 Å². The van der Waals surface area contributed by atoms with E-state index in [0.717, 1.165) is 0 Å². The highest BCUT2D eigenvalue weighted by atomic mass is 32.1. The predicted molar refractivity (Wildman–Crippen MR) is 61.4 cm³/mol. The summed E-state index contributed by atoms with van der Waals surface area (Å²) in [6.07, 6.45) is -0.727. The Hall–Kier alpha value is -1.63. The van der Waals surface area contributed by atoms with E-state index in [9.17, 15) is 4.79 Å². The van der Waals surface area contributed by atoms with E-state index in [1.165, 1.54) is 11.3 Å². The molecule has 1 rings (SSSR count). The standard InChI is InChI=1S/C9H13N3O3S/c1-5(2)15-9(13)11-8-10-7(4-16-8)6(3)12-14/h4-5,14H,1-3H3,(H,10,11,13). The van der Waals surface area contributed by atoms with Gasteiger partial charge in [-0.3, -0.25) is 5.32 Å². The molecule has 0 aliphatic rings. The van der Waals surface area contributed by atoms with Crippen LogP contribution in [-0.4, -0.2) is 28.1 Å². The van der Waals surface area contributed by atoms with E-state index in [1.54, 1.807) is 26.2 Å². The molecular formula is C9H13N3O3S. The van der Waals surface area contributed by atoms with Crippen LogP contribution in [0.25, 0.3) is 0 Å². The number of nitrogens with one attached hydrogen (secondary N) is 1. The SMILES string of the molecule is CC(=NO)c1csc(NC(=O)OC(C)C)n1. The van der Waals surface area contributed by atoms with Crippen LogP contribution in [0.2, 0.25) is 0 Å². The normalized spacial score (nSPS) is 11.6. The summed E-state index contributed by atoms with van der Waals surface area (Å²) in [6.45, 7) is 5.14. The van der Waals surface area contributed by atoms with Gasteiger partial charge in [0.1, 0.15) is 11.4 Å². The molecule has 0 radical (unpaired) electrons. The van der Waals surface area contributed by atoms with Crippen molar-refractivity contribution in [3.63, 3.8) is 0 Å². The molecule has 2 N–H and O–H groups in total. The predicted octanol–water partition coefficient (Wildman–Crippen LogP) is 2.30. The van der Waals surface area contributed by atoms with Gasteiger partial charge in [-0.15, -0.1) is 11.3 Å². The summed E-state index contributed by atoms with van der Waals surface area (Å²) in [7, 11) is 0. The van der Waals surface area contributed by atoms with Gasteiger partial charge in [-0.25, -0.2) is 9.78 Å². The largest absolute Gasteiger partial charge is 0.447 e. The summed E-state index contributed by atoms with van der Waals surface area (Å²) in [4.78, 5) is 15.3. The Morgan fingerprint density at radius 1 is 1.69 bits per heavy atom. The summed E-state index contributed by atoms with van der Waals surface area (Å²) in [5.74, 6) is 0. The first-order valence-electron chi connectivity index (χ1n) is 4.65. The Morgan fingerprint density at radius 3 is 2.94 bits per heavy atom. The lowest BCUT2D eigenvalue weighted by molar-refractivity contribution is 0.130. The first kappa shape index (κ1) is 12.4. The highest BCUT2D eigenvalue weighted by Gasteiger charge is 2.10. The van der Waals surface area contributed by atoms with Crippen molar-refractivity contribution < 1.29 is 14.7 Å². The maximum Gasteiger partial charge on any atom is 0.413 e.